The molecule has 0 heteroatoms. The minimum atomic E-state index is 1.22. The summed E-state index contributed by atoms with van der Waals surface area (Å²) in [5.41, 5.74) is 0. The summed E-state index contributed by atoms with van der Waals surface area (Å²) in [6.45, 7) is 0. The van der Waals surface area contributed by atoms with Gasteiger partial charge in [0, 0.05) is 0 Å². The van der Waals surface area contributed by atoms with Crippen LogP contribution in [0.25, 0.3) is 0 Å². The van der Waals surface area contributed by atoms with Crippen molar-refractivity contribution in [3.05, 3.63) is 0 Å². The highest BCUT2D eigenvalue weighted by atomic mass is 14.7. The lowest BCUT2D eigenvalue weighted by Gasteiger charge is -2.45. The first-order chi connectivity index (χ1) is 5.95. The molecule has 6 unspecified atom stereocenters. The van der Waals surface area contributed by atoms with Gasteiger partial charge in [0.1, 0.15) is 0 Å². The molecule has 0 amide bonds. The van der Waals surface area contributed by atoms with Gasteiger partial charge in [-0.25, -0.2) is 0 Å². The summed E-state index contributed by atoms with van der Waals surface area (Å²) in [6.07, 6.45) is 9.65. The van der Waals surface area contributed by atoms with Gasteiger partial charge >= 0.3 is 0 Å². The van der Waals surface area contributed by atoms with Crippen molar-refractivity contribution in [2.45, 2.75) is 38.5 Å². The van der Waals surface area contributed by atoms with Gasteiger partial charge in [-0.15, -0.1) is 0 Å². The van der Waals surface area contributed by atoms with Crippen molar-refractivity contribution < 1.29 is 0 Å². The van der Waals surface area contributed by atoms with E-state index in [4.69, 9.17) is 0 Å². The quantitative estimate of drug-likeness (QED) is 0.513. The van der Waals surface area contributed by atoms with Crippen molar-refractivity contribution >= 4 is 0 Å². The van der Waals surface area contributed by atoms with E-state index in [1.165, 1.54) is 35.5 Å². The Morgan fingerprint density at radius 1 is 0.500 bits per heavy atom. The Kier molecular flexibility index (Phi) is 1.03. The average Bonchev–Trinajstić information content (AvgIpc) is 2.56. The molecule has 0 saturated heterocycles. The number of hydrogen-bond donors (Lipinski definition) is 0. The largest absolute Gasteiger partial charge is 0.0527 e. The van der Waals surface area contributed by atoms with E-state index in [1.54, 1.807) is 38.5 Å². The molecule has 0 nitrogen and oxygen atoms in total. The molecule has 0 spiro atoms. The molecule has 0 aromatic carbocycles. The maximum absolute atomic E-state index is 1.66. The lowest BCUT2D eigenvalue weighted by Crippen LogP contribution is -2.38. The second-order valence-electron chi connectivity index (χ2n) is 5.73. The van der Waals surface area contributed by atoms with Gasteiger partial charge in [-0.3, -0.25) is 0 Å². The van der Waals surface area contributed by atoms with Crippen molar-refractivity contribution in [1.82, 2.24) is 0 Å². The first-order valence-corrected chi connectivity index (χ1v) is 5.95. The fraction of sp³-hybridized carbons (Fsp3) is 1.00. The third-order valence-corrected chi connectivity index (χ3v) is 5.75. The Bertz CT molecular complexity index is 198. The minimum absolute atomic E-state index is 1.22. The molecular weight excluding hydrogens is 144 g/mol. The van der Waals surface area contributed by atoms with E-state index < -0.39 is 0 Å². The van der Waals surface area contributed by atoms with Crippen LogP contribution in [0.1, 0.15) is 38.5 Å². The lowest BCUT2D eigenvalue weighted by atomic mass is 9.60. The first kappa shape index (κ1) is 6.45. The fourth-order valence-electron chi connectivity index (χ4n) is 5.34. The molecule has 6 atom stereocenters. The summed E-state index contributed by atoms with van der Waals surface area (Å²) in [5.74, 6) is 7.35. The van der Waals surface area contributed by atoms with Crippen molar-refractivity contribution in [1.29, 1.82) is 0 Å². The molecule has 0 aromatic rings. The van der Waals surface area contributed by atoms with Crippen molar-refractivity contribution in [2.75, 3.05) is 0 Å². The number of hydrogen-bond acceptors (Lipinski definition) is 0. The standard InChI is InChI=1S/C12H18/c1-2-7-8(3-1)12-6-11(7)9-4-5-10(9)12/h7-12H,1-6H2. The van der Waals surface area contributed by atoms with Crippen LogP contribution < -0.4 is 0 Å². The average molecular weight is 162 g/mol. The van der Waals surface area contributed by atoms with Gasteiger partial charge in [-0.1, -0.05) is 6.42 Å². The van der Waals surface area contributed by atoms with Gasteiger partial charge in [-0.2, -0.15) is 0 Å². The SMILES string of the molecule is C1CC2C(C1)C1CC2C2CCC21. The Morgan fingerprint density at radius 3 is 1.50 bits per heavy atom. The Morgan fingerprint density at radius 2 is 1.00 bits per heavy atom. The Labute approximate surface area is 74.7 Å². The predicted molar refractivity (Wildman–Crippen MR) is 48.6 cm³/mol. The van der Waals surface area contributed by atoms with E-state index in [9.17, 15) is 0 Å². The van der Waals surface area contributed by atoms with E-state index in [0.29, 0.717) is 0 Å². The van der Waals surface area contributed by atoms with Gasteiger partial charge in [0.2, 0.25) is 0 Å². The topological polar surface area (TPSA) is 0 Å². The molecule has 4 saturated carbocycles. The zero-order valence-electron chi connectivity index (χ0n) is 7.71. The first-order valence-electron chi connectivity index (χ1n) is 5.95. The molecule has 4 fully saturated rings. The summed E-state index contributed by atoms with van der Waals surface area (Å²) in [4.78, 5) is 0. The smallest absolute Gasteiger partial charge is 0.0349 e. The summed E-state index contributed by atoms with van der Waals surface area (Å²) in [6, 6.07) is 0. The second-order valence-corrected chi connectivity index (χ2v) is 5.73. The number of fused-ring (bicyclic) bond motifs is 8. The molecule has 0 N–H and O–H groups in total. The zero-order valence-corrected chi connectivity index (χ0v) is 7.71. The summed E-state index contributed by atoms with van der Waals surface area (Å²) in [7, 11) is 0. The molecule has 12 heavy (non-hydrogen) atoms. The van der Waals surface area contributed by atoms with Crippen molar-refractivity contribution in [3.63, 3.8) is 0 Å². The van der Waals surface area contributed by atoms with E-state index in [-0.39, 0.29) is 0 Å². The van der Waals surface area contributed by atoms with Gasteiger partial charge < -0.3 is 0 Å². The monoisotopic (exact) mass is 162 g/mol. The third kappa shape index (κ3) is 0.533. The maximum atomic E-state index is 1.66. The van der Waals surface area contributed by atoms with Gasteiger partial charge in [-0.05, 0) is 67.6 Å². The van der Waals surface area contributed by atoms with E-state index in [2.05, 4.69) is 0 Å². The zero-order chi connectivity index (χ0) is 7.71. The highest BCUT2D eigenvalue weighted by Gasteiger charge is 2.61. The van der Waals surface area contributed by atoms with Gasteiger partial charge in [0.15, 0.2) is 0 Å². The highest BCUT2D eigenvalue weighted by molar-refractivity contribution is 5.10. The normalized spacial score (nSPS) is 66.0. The van der Waals surface area contributed by atoms with Crippen LogP contribution in [0.3, 0.4) is 0 Å². The molecule has 0 radical (unpaired) electrons. The van der Waals surface area contributed by atoms with Crippen LogP contribution in [0.5, 0.6) is 0 Å². The third-order valence-electron chi connectivity index (χ3n) is 5.75. The Balaban J connectivity index is 1.74. The molecule has 0 aliphatic heterocycles. The second kappa shape index (κ2) is 1.91. The number of rotatable bonds is 0. The minimum Gasteiger partial charge on any atom is -0.0527 e. The van der Waals surface area contributed by atoms with E-state index in [1.807, 2.05) is 0 Å². The summed E-state index contributed by atoms with van der Waals surface area (Å²) in [5, 5.41) is 0. The van der Waals surface area contributed by atoms with E-state index >= 15 is 0 Å². The molecule has 66 valence electrons. The van der Waals surface area contributed by atoms with Crippen LogP contribution in [0.4, 0.5) is 0 Å². The fourth-order valence-corrected chi connectivity index (χ4v) is 5.34. The molecule has 2 bridgehead atoms. The maximum Gasteiger partial charge on any atom is -0.0349 e. The molecule has 4 aliphatic rings. The Hall–Kier alpha value is 0. The highest BCUT2D eigenvalue weighted by Crippen LogP contribution is 2.68. The molecule has 0 heterocycles. The molecule has 0 aromatic heterocycles. The van der Waals surface area contributed by atoms with Crippen molar-refractivity contribution in [2.24, 2.45) is 35.5 Å². The summed E-state index contributed by atoms with van der Waals surface area (Å²) < 4.78 is 0. The van der Waals surface area contributed by atoms with Crippen molar-refractivity contribution in [3.8, 4) is 0 Å². The van der Waals surface area contributed by atoms with Crippen LogP contribution in [0.15, 0.2) is 0 Å². The van der Waals surface area contributed by atoms with Crippen LogP contribution in [-0.4, -0.2) is 0 Å². The predicted octanol–water partition coefficient (Wildman–Crippen LogP) is 3.08. The summed E-state index contributed by atoms with van der Waals surface area (Å²) >= 11 is 0. The molecule has 4 aliphatic carbocycles. The van der Waals surface area contributed by atoms with E-state index in [0.717, 1.165) is 0 Å². The van der Waals surface area contributed by atoms with Crippen LogP contribution >= 0.6 is 0 Å². The van der Waals surface area contributed by atoms with Gasteiger partial charge in [0.25, 0.3) is 0 Å². The molecular formula is C12H18. The van der Waals surface area contributed by atoms with Crippen LogP contribution in [-0.2, 0) is 0 Å². The van der Waals surface area contributed by atoms with Gasteiger partial charge in [0.05, 0.1) is 0 Å². The van der Waals surface area contributed by atoms with Crippen LogP contribution in [0.2, 0.25) is 0 Å². The van der Waals surface area contributed by atoms with Crippen LogP contribution in [0, 0.1) is 35.5 Å². The molecule has 4 rings (SSSR count). The lowest BCUT2D eigenvalue weighted by molar-refractivity contribution is 0.0356.